The van der Waals surface area contributed by atoms with E-state index in [0.29, 0.717) is 16.6 Å². The summed E-state index contributed by atoms with van der Waals surface area (Å²) < 4.78 is 1.56. The van der Waals surface area contributed by atoms with Crippen LogP contribution >= 0.6 is 31.9 Å². The van der Waals surface area contributed by atoms with Gasteiger partial charge in [0, 0.05) is 23.6 Å². The van der Waals surface area contributed by atoms with Crippen LogP contribution in [0.3, 0.4) is 0 Å². The van der Waals surface area contributed by atoms with Gasteiger partial charge in [0.25, 0.3) is 5.91 Å². The van der Waals surface area contributed by atoms with Crippen LogP contribution in [-0.4, -0.2) is 23.0 Å². The molecule has 0 atom stereocenters. The molecule has 0 aromatic heterocycles. The molecule has 0 aliphatic carbocycles. The van der Waals surface area contributed by atoms with Gasteiger partial charge >= 0.3 is 0 Å². The summed E-state index contributed by atoms with van der Waals surface area (Å²) in [4.78, 5) is 13.9. The first-order valence-electron chi connectivity index (χ1n) is 5.96. The Morgan fingerprint density at radius 2 is 1.95 bits per heavy atom. The first kappa shape index (κ1) is 15.1. The van der Waals surface area contributed by atoms with Crippen molar-refractivity contribution in [2.45, 2.75) is 6.54 Å². The molecule has 2 rings (SSSR count). The first-order valence-corrected chi connectivity index (χ1v) is 7.54. The van der Waals surface area contributed by atoms with Crippen LogP contribution in [-0.2, 0) is 6.54 Å². The summed E-state index contributed by atoms with van der Waals surface area (Å²) in [5, 5.41) is 9.63. The topological polar surface area (TPSA) is 40.5 Å². The third-order valence-electron chi connectivity index (χ3n) is 2.85. The van der Waals surface area contributed by atoms with Gasteiger partial charge in [0.15, 0.2) is 0 Å². The van der Waals surface area contributed by atoms with Crippen molar-refractivity contribution in [1.82, 2.24) is 4.90 Å². The Morgan fingerprint density at radius 3 is 2.60 bits per heavy atom. The third-order valence-corrected chi connectivity index (χ3v) is 4.01. The van der Waals surface area contributed by atoms with Gasteiger partial charge in [0.05, 0.1) is 4.47 Å². The fourth-order valence-electron chi connectivity index (χ4n) is 1.85. The molecule has 0 spiro atoms. The van der Waals surface area contributed by atoms with Crippen molar-refractivity contribution in [2.75, 3.05) is 7.05 Å². The Kier molecular flexibility index (Phi) is 4.83. The molecule has 1 amide bonds. The van der Waals surface area contributed by atoms with Crippen LogP contribution in [0.25, 0.3) is 0 Å². The number of hydrogen-bond donors (Lipinski definition) is 1. The number of hydrogen-bond acceptors (Lipinski definition) is 2. The van der Waals surface area contributed by atoms with Crippen LogP contribution < -0.4 is 0 Å². The monoisotopic (exact) mass is 397 g/mol. The van der Waals surface area contributed by atoms with Gasteiger partial charge in [-0.3, -0.25) is 4.79 Å². The van der Waals surface area contributed by atoms with E-state index < -0.39 is 0 Å². The van der Waals surface area contributed by atoms with Gasteiger partial charge in [0.1, 0.15) is 5.75 Å². The lowest BCUT2D eigenvalue weighted by Gasteiger charge is -2.17. The Hall–Kier alpha value is -1.33. The standard InChI is InChI=1S/C15H13Br2NO2/c1-18(9-10-3-2-4-12(16)7-10)15(20)11-5-6-13(17)14(19)8-11/h2-8,19H,9H2,1H3. The van der Waals surface area contributed by atoms with Crippen molar-refractivity contribution in [3.8, 4) is 5.75 Å². The molecule has 0 aliphatic heterocycles. The van der Waals surface area contributed by atoms with E-state index in [0.717, 1.165) is 10.0 Å². The van der Waals surface area contributed by atoms with Gasteiger partial charge in [-0.05, 0) is 51.8 Å². The van der Waals surface area contributed by atoms with Crippen molar-refractivity contribution >= 4 is 37.8 Å². The molecule has 0 radical (unpaired) electrons. The van der Waals surface area contributed by atoms with Crippen molar-refractivity contribution < 1.29 is 9.90 Å². The Morgan fingerprint density at radius 1 is 1.20 bits per heavy atom. The Balaban J connectivity index is 2.14. The van der Waals surface area contributed by atoms with E-state index in [2.05, 4.69) is 31.9 Å². The quantitative estimate of drug-likeness (QED) is 0.841. The SMILES string of the molecule is CN(Cc1cccc(Br)c1)C(=O)c1ccc(Br)c(O)c1. The molecule has 20 heavy (non-hydrogen) atoms. The molecule has 2 aromatic rings. The maximum absolute atomic E-state index is 12.3. The average molecular weight is 399 g/mol. The maximum atomic E-state index is 12.3. The fourth-order valence-corrected chi connectivity index (χ4v) is 2.54. The largest absolute Gasteiger partial charge is 0.507 e. The smallest absolute Gasteiger partial charge is 0.254 e. The second-order valence-electron chi connectivity index (χ2n) is 4.46. The summed E-state index contributed by atoms with van der Waals surface area (Å²) in [6.07, 6.45) is 0. The summed E-state index contributed by atoms with van der Waals surface area (Å²) in [6.45, 7) is 0.509. The maximum Gasteiger partial charge on any atom is 0.254 e. The highest BCUT2D eigenvalue weighted by atomic mass is 79.9. The number of nitrogens with zero attached hydrogens (tertiary/aromatic N) is 1. The zero-order valence-corrected chi connectivity index (χ0v) is 14.0. The number of benzene rings is 2. The zero-order valence-electron chi connectivity index (χ0n) is 10.8. The van der Waals surface area contributed by atoms with Gasteiger partial charge in [0.2, 0.25) is 0 Å². The van der Waals surface area contributed by atoms with Crippen LogP contribution in [0.15, 0.2) is 51.4 Å². The lowest BCUT2D eigenvalue weighted by atomic mass is 10.1. The van der Waals surface area contributed by atoms with Crippen LogP contribution in [0.4, 0.5) is 0 Å². The van der Waals surface area contributed by atoms with Gasteiger partial charge < -0.3 is 10.0 Å². The molecule has 0 saturated heterocycles. The molecule has 0 saturated carbocycles. The fraction of sp³-hybridized carbons (Fsp3) is 0.133. The molecule has 3 nitrogen and oxygen atoms in total. The number of rotatable bonds is 3. The van der Waals surface area contributed by atoms with Crippen LogP contribution in [0.5, 0.6) is 5.75 Å². The zero-order chi connectivity index (χ0) is 14.7. The minimum Gasteiger partial charge on any atom is -0.507 e. The molecule has 0 heterocycles. The van der Waals surface area contributed by atoms with Gasteiger partial charge in [-0.1, -0.05) is 28.1 Å². The number of phenolic OH excluding ortho intramolecular Hbond substituents is 1. The van der Waals surface area contributed by atoms with Crippen LogP contribution in [0.1, 0.15) is 15.9 Å². The number of aromatic hydroxyl groups is 1. The first-order chi connectivity index (χ1) is 9.47. The molecule has 0 bridgehead atoms. The van der Waals surface area contributed by atoms with E-state index in [1.54, 1.807) is 24.1 Å². The van der Waals surface area contributed by atoms with Crippen molar-refractivity contribution in [3.63, 3.8) is 0 Å². The number of phenols is 1. The summed E-state index contributed by atoms with van der Waals surface area (Å²) >= 11 is 6.61. The highest BCUT2D eigenvalue weighted by molar-refractivity contribution is 9.10. The normalized spacial score (nSPS) is 10.3. The lowest BCUT2D eigenvalue weighted by molar-refractivity contribution is 0.0784. The molecule has 5 heteroatoms. The highest BCUT2D eigenvalue weighted by Gasteiger charge is 2.13. The molecule has 0 unspecified atom stereocenters. The molecular formula is C15H13Br2NO2. The summed E-state index contributed by atoms with van der Waals surface area (Å²) in [6, 6.07) is 12.6. The predicted octanol–water partition coefficient (Wildman–Crippen LogP) is 4.19. The van der Waals surface area contributed by atoms with E-state index in [1.807, 2.05) is 24.3 Å². The summed E-state index contributed by atoms with van der Waals surface area (Å²) in [5.41, 5.74) is 1.50. The van der Waals surface area contributed by atoms with Gasteiger partial charge in [-0.2, -0.15) is 0 Å². The lowest BCUT2D eigenvalue weighted by Crippen LogP contribution is -2.26. The Labute approximate surface area is 134 Å². The van der Waals surface area contributed by atoms with Crippen molar-refractivity contribution in [2.24, 2.45) is 0 Å². The summed E-state index contributed by atoms with van der Waals surface area (Å²) in [7, 11) is 1.74. The minimum absolute atomic E-state index is 0.0618. The average Bonchev–Trinajstić information content (AvgIpc) is 2.41. The number of halogens is 2. The molecule has 104 valence electrons. The van der Waals surface area contributed by atoms with E-state index in [4.69, 9.17) is 0 Å². The van der Waals surface area contributed by atoms with E-state index in [9.17, 15) is 9.90 Å². The van der Waals surface area contributed by atoms with Crippen LogP contribution in [0.2, 0.25) is 0 Å². The molecule has 1 N–H and O–H groups in total. The summed E-state index contributed by atoms with van der Waals surface area (Å²) in [5.74, 6) is -0.0699. The molecular weight excluding hydrogens is 386 g/mol. The van der Waals surface area contributed by atoms with E-state index >= 15 is 0 Å². The second-order valence-corrected chi connectivity index (χ2v) is 6.23. The van der Waals surface area contributed by atoms with Crippen LogP contribution in [0, 0.1) is 0 Å². The predicted molar refractivity (Wildman–Crippen MR) is 85.7 cm³/mol. The van der Waals surface area contributed by atoms with Gasteiger partial charge in [-0.15, -0.1) is 0 Å². The van der Waals surface area contributed by atoms with Gasteiger partial charge in [-0.25, -0.2) is 0 Å². The number of carbonyl (C=O) groups is 1. The van der Waals surface area contributed by atoms with Crippen molar-refractivity contribution in [1.29, 1.82) is 0 Å². The molecule has 0 aliphatic rings. The second kappa shape index (κ2) is 6.41. The Bertz CT molecular complexity index is 644. The highest BCUT2D eigenvalue weighted by Crippen LogP contribution is 2.25. The molecule has 0 fully saturated rings. The third kappa shape index (κ3) is 3.61. The van der Waals surface area contributed by atoms with E-state index in [-0.39, 0.29) is 11.7 Å². The van der Waals surface area contributed by atoms with Crippen molar-refractivity contribution in [3.05, 3.63) is 62.5 Å². The minimum atomic E-state index is -0.132. The number of amides is 1. The van der Waals surface area contributed by atoms with E-state index in [1.165, 1.54) is 6.07 Å². The number of carbonyl (C=O) groups excluding carboxylic acids is 1. The molecule has 2 aromatic carbocycles.